The molecule has 11 heavy (non-hydrogen) atoms. The number of rotatable bonds is 0. The zero-order valence-corrected chi connectivity index (χ0v) is 11.5. The second kappa shape index (κ2) is 3.75. The highest BCUT2D eigenvalue weighted by atomic mass is 127. The summed E-state index contributed by atoms with van der Waals surface area (Å²) < 4.78 is 3.62. The standard InChI is InChI=1S/C8H7Br2I/c1-4-5(2)8(11)7(10)3-6(4)9/h3H,1-2H3. The van der Waals surface area contributed by atoms with Crippen molar-refractivity contribution < 1.29 is 0 Å². The Morgan fingerprint density at radius 3 is 2.18 bits per heavy atom. The summed E-state index contributed by atoms with van der Waals surface area (Å²) in [6.07, 6.45) is 0. The van der Waals surface area contributed by atoms with Gasteiger partial charge in [-0.25, -0.2) is 0 Å². The van der Waals surface area contributed by atoms with Gasteiger partial charge in [0.2, 0.25) is 0 Å². The Balaban J connectivity index is 3.46. The smallest absolute Gasteiger partial charge is 0.0322 e. The molecule has 1 aromatic carbocycles. The van der Waals surface area contributed by atoms with E-state index in [9.17, 15) is 0 Å². The summed E-state index contributed by atoms with van der Waals surface area (Å²) in [7, 11) is 0. The second-order valence-electron chi connectivity index (χ2n) is 2.40. The van der Waals surface area contributed by atoms with Gasteiger partial charge in [-0.05, 0) is 69.6 Å². The minimum atomic E-state index is 1.16. The van der Waals surface area contributed by atoms with Crippen LogP contribution in [0.15, 0.2) is 15.0 Å². The van der Waals surface area contributed by atoms with Crippen molar-refractivity contribution in [3.05, 3.63) is 29.7 Å². The number of hydrogen-bond donors (Lipinski definition) is 0. The summed E-state index contributed by atoms with van der Waals surface area (Å²) in [5.41, 5.74) is 2.66. The highest BCUT2D eigenvalue weighted by molar-refractivity contribution is 14.1. The Labute approximate surface area is 97.2 Å². The Morgan fingerprint density at radius 2 is 1.64 bits per heavy atom. The molecule has 0 aliphatic carbocycles. The SMILES string of the molecule is Cc1c(Br)cc(Br)c(I)c1C. The van der Waals surface area contributed by atoms with Crippen LogP contribution in [0.4, 0.5) is 0 Å². The molecule has 0 bridgehead atoms. The number of hydrogen-bond acceptors (Lipinski definition) is 0. The van der Waals surface area contributed by atoms with Crippen LogP contribution in [-0.2, 0) is 0 Å². The van der Waals surface area contributed by atoms with E-state index in [0.717, 1.165) is 4.47 Å². The first-order valence-electron chi connectivity index (χ1n) is 3.14. The molecule has 0 fully saturated rings. The summed E-state index contributed by atoms with van der Waals surface area (Å²) in [6, 6.07) is 2.09. The highest BCUT2D eigenvalue weighted by Crippen LogP contribution is 2.30. The molecule has 1 aromatic rings. The lowest BCUT2D eigenvalue weighted by atomic mass is 10.1. The Kier molecular flexibility index (Phi) is 3.40. The van der Waals surface area contributed by atoms with Crippen LogP contribution in [-0.4, -0.2) is 0 Å². The molecule has 0 aromatic heterocycles. The zero-order valence-electron chi connectivity index (χ0n) is 6.21. The van der Waals surface area contributed by atoms with Crippen LogP contribution < -0.4 is 0 Å². The van der Waals surface area contributed by atoms with Gasteiger partial charge in [0.25, 0.3) is 0 Å². The van der Waals surface area contributed by atoms with Crippen molar-refractivity contribution in [3.8, 4) is 0 Å². The predicted octanol–water partition coefficient (Wildman–Crippen LogP) is 4.43. The quantitative estimate of drug-likeness (QED) is 0.455. The second-order valence-corrected chi connectivity index (χ2v) is 5.19. The molecule has 0 unspecified atom stereocenters. The minimum Gasteiger partial charge on any atom is -0.0505 e. The van der Waals surface area contributed by atoms with E-state index >= 15 is 0 Å². The molecule has 1 rings (SSSR count). The summed E-state index contributed by atoms with van der Waals surface area (Å²) in [4.78, 5) is 0. The van der Waals surface area contributed by atoms with E-state index in [4.69, 9.17) is 0 Å². The largest absolute Gasteiger partial charge is 0.0505 e. The van der Waals surface area contributed by atoms with Crippen LogP contribution in [0.2, 0.25) is 0 Å². The normalized spacial score (nSPS) is 10.3. The van der Waals surface area contributed by atoms with Crippen LogP contribution in [0.3, 0.4) is 0 Å². The Hall–Kier alpha value is 0.910. The van der Waals surface area contributed by atoms with Crippen molar-refractivity contribution >= 4 is 54.5 Å². The van der Waals surface area contributed by atoms with Crippen LogP contribution in [0.25, 0.3) is 0 Å². The maximum atomic E-state index is 3.50. The molecule has 60 valence electrons. The summed E-state index contributed by atoms with van der Waals surface area (Å²) in [5, 5.41) is 0. The van der Waals surface area contributed by atoms with Gasteiger partial charge >= 0.3 is 0 Å². The van der Waals surface area contributed by atoms with Gasteiger partial charge < -0.3 is 0 Å². The monoisotopic (exact) mass is 388 g/mol. The van der Waals surface area contributed by atoms with Crippen LogP contribution in [0.5, 0.6) is 0 Å². The average molecular weight is 390 g/mol. The number of halogens is 3. The molecule has 0 saturated carbocycles. The van der Waals surface area contributed by atoms with E-state index in [1.165, 1.54) is 19.2 Å². The number of benzene rings is 1. The molecular weight excluding hydrogens is 383 g/mol. The first-order chi connectivity index (χ1) is 5.04. The molecule has 0 atom stereocenters. The van der Waals surface area contributed by atoms with Crippen molar-refractivity contribution in [2.75, 3.05) is 0 Å². The first-order valence-corrected chi connectivity index (χ1v) is 5.81. The van der Waals surface area contributed by atoms with E-state index in [-0.39, 0.29) is 0 Å². The van der Waals surface area contributed by atoms with E-state index < -0.39 is 0 Å². The van der Waals surface area contributed by atoms with Crippen LogP contribution in [0.1, 0.15) is 11.1 Å². The molecule has 0 saturated heterocycles. The van der Waals surface area contributed by atoms with E-state index in [1.54, 1.807) is 0 Å². The van der Waals surface area contributed by atoms with Gasteiger partial charge in [-0.2, -0.15) is 0 Å². The average Bonchev–Trinajstić information content (AvgIpc) is 1.97. The Morgan fingerprint density at radius 1 is 1.09 bits per heavy atom. The maximum Gasteiger partial charge on any atom is 0.0322 e. The van der Waals surface area contributed by atoms with E-state index in [2.05, 4.69) is 74.4 Å². The third-order valence-corrected chi connectivity index (χ3v) is 5.29. The predicted molar refractivity (Wildman–Crippen MR) is 64.0 cm³/mol. The maximum absolute atomic E-state index is 3.50. The first kappa shape index (κ1) is 9.99. The third-order valence-electron chi connectivity index (χ3n) is 1.71. The van der Waals surface area contributed by atoms with Crippen molar-refractivity contribution in [2.45, 2.75) is 13.8 Å². The molecule has 0 N–H and O–H groups in total. The lowest BCUT2D eigenvalue weighted by Gasteiger charge is -2.07. The molecule has 0 radical (unpaired) electrons. The lowest BCUT2D eigenvalue weighted by Crippen LogP contribution is -1.88. The molecular formula is C8H7Br2I. The van der Waals surface area contributed by atoms with Crippen LogP contribution >= 0.6 is 54.5 Å². The van der Waals surface area contributed by atoms with Crippen molar-refractivity contribution in [2.24, 2.45) is 0 Å². The molecule has 0 spiro atoms. The molecule has 0 aliphatic heterocycles. The van der Waals surface area contributed by atoms with Gasteiger partial charge in [0, 0.05) is 12.5 Å². The fraction of sp³-hybridized carbons (Fsp3) is 0.250. The summed E-state index contributed by atoms with van der Waals surface area (Å²) in [6.45, 7) is 4.25. The van der Waals surface area contributed by atoms with Gasteiger partial charge in [0.15, 0.2) is 0 Å². The molecule has 3 heteroatoms. The van der Waals surface area contributed by atoms with Crippen LogP contribution in [0, 0.1) is 17.4 Å². The fourth-order valence-electron chi connectivity index (χ4n) is 0.806. The summed E-state index contributed by atoms with van der Waals surface area (Å²) in [5.74, 6) is 0. The van der Waals surface area contributed by atoms with E-state index in [1.807, 2.05) is 0 Å². The summed E-state index contributed by atoms with van der Waals surface area (Å²) >= 11 is 9.33. The van der Waals surface area contributed by atoms with Gasteiger partial charge in [-0.3, -0.25) is 0 Å². The minimum absolute atomic E-state index is 1.16. The van der Waals surface area contributed by atoms with E-state index in [0.29, 0.717) is 0 Å². The third kappa shape index (κ3) is 1.98. The lowest BCUT2D eigenvalue weighted by molar-refractivity contribution is 1.28. The molecule has 0 heterocycles. The van der Waals surface area contributed by atoms with Crippen molar-refractivity contribution in [1.29, 1.82) is 0 Å². The van der Waals surface area contributed by atoms with Crippen molar-refractivity contribution in [3.63, 3.8) is 0 Å². The topological polar surface area (TPSA) is 0 Å². The van der Waals surface area contributed by atoms with Gasteiger partial charge in [-0.15, -0.1) is 0 Å². The zero-order chi connectivity index (χ0) is 8.59. The van der Waals surface area contributed by atoms with Gasteiger partial charge in [0.1, 0.15) is 0 Å². The highest BCUT2D eigenvalue weighted by Gasteiger charge is 2.05. The molecule has 0 aliphatic rings. The molecule has 0 nitrogen and oxygen atoms in total. The van der Waals surface area contributed by atoms with Crippen molar-refractivity contribution in [1.82, 2.24) is 0 Å². The molecule has 0 amide bonds. The van der Waals surface area contributed by atoms with Gasteiger partial charge in [0.05, 0.1) is 0 Å². The fourth-order valence-corrected chi connectivity index (χ4v) is 2.73. The van der Waals surface area contributed by atoms with Gasteiger partial charge in [-0.1, -0.05) is 15.9 Å². The Bertz CT molecular complexity index is 268.